The Bertz CT molecular complexity index is 383. The minimum atomic E-state index is 0.446. The van der Waals surface area contributed by atoms with E-state index in [1.54, 1.807) is 0 Å². The topological polar surface area (TPSA) is 21.3 Å². The van der Waals surface area contributed by atoms with Crippen LogP contribution in [0.4, 0.5) is 0 Å². The molecule has 1 fully saturated rings. The van der Waals surface area contributed by atoms with Crippen molar-refractivity contribution in [2.24, 2.45) is 0 Å². The molecule has 2 nitrogen and oxygen atoms in total. The first-order chi connectivity index (χ1) is 9.28. The number of ether oxygens (including phenoxy) is 1. The Morgan fingerprint density at radius 1 is 1.37 bits per heavy atom. The van der Waals surface area contributed by atoms with Crippen LogP contribution < -0.4 is 5.32 Å². The quantitative estimate of drug-likeness (QED) is 0.605. The van der Waals surface area contributed by atoms with Crippen molar-refractivity contribution in [1.29, 1.82) is 0 Å². The minimum Gasteiger partial charge on any atom is -0.374 e. The molecule has 2 unspecified atom stereocenters. The highest BCUT2D eigenvalue weighted by atomic mass is 32.2. The van der Waals surface area contributed by atoms with Gasteiger partial charge in [0.15, 0.2) is 0 Å². The summed E-state index contributed by atoms with van der Waals surface area (Å²) in [5.41, 5.74) is 1.37. The molecule has 106 valence electrons. The van der Waals surface area contributed by atoms with Gasteiger partial charge in [-0.25, -0.2) is 0 Å². The second-order valence-corrected chi connectivity index (χ2v) is 6.37. The molecule has 1 aromatic rings. The van der Waals surface area contributed by atoms with Crippen molar-refractivity contribution in [2.75, 3.05) is 12.3 Å². The van der Waals surface area contributed by atoms with Crippen LogP contribution in [0.25, 0.3) is 0 Å². The van der Waals surface area contributed by atoms with Gasteiger partial charge in [-0.2, -0.15) is 0 Å². The van der Waals surface area contributed by atoms with Gasteiger partial charge in [-0.1, -0.05) is 19.1 Å². The monoisotopic (exact) mass is 279 g/mol. The molecule has 1 N–H and O–H groups in total. The lowest BCUT2D eigenvalue weighted by molar-refractivity contribution is 0.0700. The molecule has 0 aromatic heterocycles. The van der Waals surface area contributed by atoms with Crippen LogP contribution in [0, 0.1) is 0 Å². The molecule has 1 aromatic carbocycles. The van der Waals surface area contributed by atoms with Crippen molar-refractivity contribution in [1.82, 2.24) is 5.32 Å². The van der Waals surface area contributed by atoms with Crippen LogP contribution in [0.5, 0.6) is 0 Å². The Labute approximate surface area is 121 Å². The van der Waals surface area contributed by atoms with Crippen molar-refractivity contribution in [3.63, 3.8) is 0 Å². The van der Waals surface area contributed by atoms with Gasteiger partial charge in [0.1, 0.15) is 0 Å². The predicted molar refractivity (Wildman–Crippen MR) is 82.7 cm³/mol. The first-order valence-electron chi connectivity index (χ1n) is 7.36. The molecular weight excluding hydrogens is 254 g/mol. The van der Waals surface area contributed by atoms with Gasteiger partial charge in [-0.3, -0.25) is 0 Å². The van der Waals surface area contributed by atoms with E-state index < -0.39 is 0 Å². The van der Waals surface area contributed by atoms with E-state index in [1.807, 2.05) is 11.8 Å². The van der Waals surface area contributed by atoms with E-state index in [-0.39, 0.29) is 0 Å². The average molecular weight is 279 g/mol. The lowest BCUT2D eigenvalue weighted by Gasteiger charge is -2.11. The molecule has 0 bridgehead atoms. The van der Waals surface area contributed by atoms with Gasteiger partial charge in [0.05, 0.1) is 12.2 Å². The molecular formula is C16H25NOS. The van der Waals surface area contributed by atoms with Gasteiger partial charge in [0, 0.05) is 17.2 Å². The largest absolute Gasteiger partial charge is 0.374 e. The van der Waals surface area contributed by atoms with Gasteiger partial charge in [-0.05, 0) is 50.4 Å². The summed E-state index contributed by atoms with van der Waals surface area (Å²) >= 11 is 1.92. The van der Waals surface area contributed by atoms with Crippen LogP contribution in [0.3, 0.4) is 0 Å². The van der Waals surface area contributed by atoms with Gasteiger partial charge < -0.3 is 10.1 Å². The van der Waals surface area contributed by atoms with Gasteiger partial charge in [0.25, 0.3) is 0 Å². The maximum atomic E-state index is 5.86. The highest BCUT2D eigenvalue weighted by Crippen LogP contribution is 2.26. The Kier molecular flexibility index (Phi) is 6.21. The van der Waals surface area contributed by atoms with Crippen molar-refractivity contribution < 1.29 is 4.74 Å². The van der Waals surface area contributed by atoms with Crippen LogP contribution in [0.15, 0.2) is 29.2 Å². The summed E-state index contributed by atoms with van der Waals surface area (Å²) in [5, 5.41) is 3.45. The maximum absolute atomic E-state index is 5.86. The van der Waals surface area contributed by atoms with E-state index in [4.69, 9.17) is 4.74 Å². The Morgan fingerprint density at radius 2 is 2.26 bits per heavy atom. The molecule has 1 saturated heterocycles. The third-order valence-corrected chi connectivity index (χ3v) is 4.54. The Hall–Kier alpha value is -0.510. The minimum absolute atomic E-state index is 0.446. The smallest absolute Gasteiger partial charge is 0.0673 e. The number of rotatable bonds is 7. The molecule has 1 aliphatic heterocycles. The zero-order chi connectivity index (χ0) is 13.5. The highest BCUT2D eigenvalue weighted by molar-refractivity contribution is 7.99. The maximum Gasteiger partial charge on any atom is 0.0673 e. The van der Waals surface area contributed by atoms with E-state index in [0.29, 0.717) is 12.2 Å². The summed E-state index contributed by atoms with van der Waals surface area (Å²) in [7, 11) is 0. The van der Waals surface area contributed by atoms with Crippen LogP contribution in [0.1, 0.15) is 38.7 Å². The fourth-order valence-electron chi connectivity index (χ4n) is 2.35. The van der Waals surface area contributed by atoms with E-state index in [9.17, 15) is 0 Å². The van der Waals surface area contributed by atoms with Crippen LogP contribution >= 0.6 is 11.8 Å². The molecule has 19 heavy (non-hydrogen) atoms. The summed E-state index contributed by atoms with van der Waals surface area (Å²) in [6.07, 6.45) is 4.51. The lowest BCUT2D eigenvalue weighted by Crippen LogP contribution is -2.13. The van der Waals surface area contributed by atoms with E-state index in [1.165, 1.54) is 29.7 Å². The number of nitrogens with one attached hydrogen (secondary N) is 1. The summed E-state index contributed by atoms with van der Waals surface area (Å²) < 4.78 is 5.86. The van der Waals surface area contributed by atoms with E-state index in [0.717, 1.165) is 18.8 Å². The third kappa shape index (κ3) is 5.17. The average Bonchev–Trinajstić information content (AvgIpc) is 2.83. The third-order valence-electron chi connectivity index (χ3n) is 3.41. The van der Waals surface area contributed by atoms with Gasteiger partial charge in [-0.15, -0.1) is 11.8 Å². The standard InChI is InChI=1S/C16H25NOS/c1-3-9-17-11-14-5-4-6-16(10-14)19-12-15-8-7-13(2)18-15/h4-6,10,13,15,17H,3,7-9,11-12H2,1-2H3. The molecule has 0 amide bonds. The van der Waals surface area contributed by atoms with E-state index in [2.05, 4.69) is 43.4 Å². The lowest BCUT2D eigenvalue weighted by atomic mass is 10.2. The molecule has 3 heteroatoms. The molecule has 2 rings (SSSR count). The van der Waals surface area contributed by atoms with Crippen molar-refractivity contribution >= 4 is 11.8 Å². The van der Waals surface area contributed by atoms with Gasteiger partial charge >= 0.3 is 0 Å². The molecule has 1 heterocycles. The molecule has 0 spiro atoms. The van der Waals surface area contributed by atoms with Crippen LogP contribution in [0.2, 0.25) is 0 Å². The fraction of sp³-hybridized carbons (Fsp3) is 0.625. The fourth-order valence-corrected chi connectivity index (χ4v) is 3.38. The first kappa shape index (κ1) is 14.9. The molecule has 0 aliphatic carbocycles. The molecule has 0 radical (unpaired) electrons. The van der Waals surface area contributed by atoms with Crippen molar-refractivity contribution in [3.05, 3.63) is 29.8 Å². The number of hydrogen-bond donors (Lipinski definition) is 1. The second kappa shape index (κ2) is 7.93. The Morgan fingerprint density at radius 3 is 3.00 bits per heavy atom. The van der Waals surface area contributed by atoms with Crippen LogP contribution in [-0.4, -0.2) is 24.5 Å². The van der Waals surface area contributed by atoms with Crippen molar-refractivity contribution in [3.8, 4) is 0 Å². The zero-order valence-corrected chi connectivity index (χ0v) is 12.8. The zero-order valence-electron chi connectivity index (χ0n) is 12.0. The SMILES string of the molecule is CCCNCc1cccc(SCC2CCC(C)O2)c1. The summed E-state index contributed by atoms with van der Waals surface area (Å²) in [6, 6.07) is 8.85. The van der Waals surface area contributed by atoms with E-state index >= 15 is 0 Å². The van der Waals surface area contributed by atoms with Crippen LogP contribution in [-0.2, 0) is 11.3 Å². The normalized spacial score (nSPS) is 22.8. The molecule has 0 saturated carbocycles. The van der Waals surface area contributed by atoms with Crippen molar-refractivity contribution in [2.45, 2.75) is 56.8 Å². The number of benzene rings is 1. The summed E-state index contributed by atoms with van der Waals surface area (Å²) in [5.74, 6) is 1.08. The predicted octanol–water partition coefficient (Wildman–Crippen LogP) is 3.85. The molecule has 2 atom stereocenters. The summed E-state index contributed by atoms with van der Waals surface area (Å²) in [6.45, 7) is 6.43. The Balaban J connectivity index is 1.78. The number of thioether (sulfide) groups is 1. The first-order valence-corrected chi connectivity index (χ1v) is 8.34. The summed E-state index contributed by atoms with van der Waals surface area (Å²) in [4.78, 5) is 1.36. The second-order valence-electron chi connectivity index (χ2n) is 5.28. The highest BCUT2D eigenvalue weighted by Gasteiger charge is 2.21. The molecule has 1 aliphatic rings. The number of hydrogen-bond acceptors (Lipinski definition) is 3. The van der Waals surface area contributed by atoms with Gasteiger partial charge in [0.2, 0.25) is 0 Å².